The number of rotatable bonds is 3. The van der Waals surface area contributed by atoms with Crippen molar-refractivity contribution in [3.63, 3.8) is 0 Å². The SMILES string of the molecule is O=C(c1ccc(-c2ccccc2)cc1)c1ccc[nH]1. The number of H-pyrrole nitrogens is 1. The molecule has 0 aliphatic heterocycles. The van der Waals surface area contributed by atoms with Crippen LogP contribution in [0.3, 0.4) is 0 Å². The molecule has 1 aromatic heterocycles. The topological polar surface area (TPSA) is 32.9 Å². The average Bonchev–Trinajstić information content (AvgIpc) is 3.02. The molecule has 0 saturated carbocycles. The first-order valence-electron chi connectivity index (χ1n) is 6.18. The molecule has 1 heterocycles. The minimum atomic E-state index is 0.0182. The Morgan fingerprint density at radius 1 is 0.737 bits per heavy atom. The third-order valence-electron chi connectivity index (χ3n) is 3.10. The minimum Gasteiger partial charge on any atom is -0.359 e. The first-order chi connectivity index (χ1) is 9.34. The van der Waals surface area contributed by atoms with E-state index in [1.165, 1.54) is 0 Å². The van der Waals surface area contributed by atoms with Gasteiger partial charge in [0.2, 0.25) is 5.78 Å². The number of carbonyl (C=O) groups excluding carboxylic acids is 1. The van der Waals surface area contributed by atoms with Crippen LogP contribution in [0.25, 0.3) is 11.1 Å². The third-order valence-corrected chi connectivity index (χ3v) is 3.10. The molecule has 2 aromatic carbocycles. The summed E-state index contributed by atoms with van der Waals surface area (Å²) in [5.41, 5.74) is 3.58. The predicted molar refractivity (Wildman–Crippen MR) is 76.1 cm³/mol. The van der Waals surface area contributed by atoms with Crippen LogP contribution in [-0.4, -0.2) is 10.8 Å². The van der Waals surface area contributed by atoms with Gasteiger partial charge in [0.25, 0.3) is 0 Å². The molecule has 19 heavy (non-hydrogen) atoms. The first-order valence-corrected chi connectivity index (χ1v) is 6.18. The Labute approximate surface area is 111 Å². The second-order valence-electron chi connectivity index (χ2n) is 4.36. The number of aromatic nitrogens is 1. The van der Waals surface area contributed by atoms with Crippen molar-refractivity contribution in [2.24, 2.45) is 0 Å². The molecule has 0 radical (unpaired) electrons. The van der Waals surface area contributed by atoms with Crippen LogP contribution in [0.4, 0.5) is 0 Å². The maximum Gasteiger partial charge on any atom is 0.209 e. The highest BCUT2D eigenvalue weighted by atomic mass is 16.1. The molecule has 3 aromatic rings. The summed E-state index contributed by atoms with van der Waals surface area (Å²) in [4.78, 5) is 15.1. The van der Waals surface area contributed by atoms with Gasteiger partial charge in [-0.1, -0.05) is 54.6 Å². The molecule has 0 atom stereocenters. The first kappa shape index (κ1) is 11.5. The number of aromatic amines is 1. The van der Waals surface area contributed by atoms with E-state index in [2.05, 4.69) is 17.1 Å². The van der Waals surface area contributed by atoms with Crippen LogP contribution < -0.4 is 0 Å². The van der Waals surface area contributed by atoms with E-state index < -0.39 is 0 Å². The van der Waals surface area contributed by atoms with Crippen LogP contribution in [-0.2, 0) is 0 Å². The van der Waals surface area contributed by atoms with Crippen molar-refractivity contribution in [2.75, 3.05) is 0 Å². The Morgan fingerprint density at radius 3 is 2.05 bits per heavy atom. The zero-order chi connectivity index (χ0) is 13.1. The molecular weight excluding hydrogens is 234 g/mol. The van der Waals surface area contributed by atoms with E-state index in [-0.39, 0.29) is 5.78 Å². The lowest BCUT2D eigenvalue weighted by atomic mass is 10.0. The van der Waals surface area contributed by atoms with E-state index in [0.29, 0.717) is 11.3 Å². The summed E-state index contributed by atoms with van der Waals surface area (Å²) in [5, 5.41) is 0. The van der Waals surface area contributed by atoms with Gasteiger partial charge in [-0.2, -0.15) is 0 Å². The smallest absolute Gasteiger partial charge is 0.209 e. The fourth-order valence-corrected chi connectivity index (χ4v) is 2.07. The standard InChI is InChI=1S/C17H13NO/c19-17(16-7-4-12-18-16)15-10-8-14(9-11-15)13-5-2-1-3-6-13/h1-12,18H. The number of hydrogen-bond acceptors (Lipinski definition) is 1. The maximum atomic E-state index is 12.1. The highest BCUT2D eigenvalue weighted by Gasteiger charge is 2.09. The van der Waals surface area contributed by atoms with E-state index in [9.17, 15) is 4.79 Å². The largest absolute Gasteiger partial charge is 0.359 e. The van der Waals surface area contributed by atoms with Gasteiger partial charge in [-0.25, -0.2) is 0 Å². The van der Waals surface area contributed by atoms with Gasteiger partial charge < -0.3 is 4.98 Å². The number of nitrogens with one attached hydrogen (secondary N) is 1. The van der Waals surface area contributed by atoms with Gasteiger partial charge in [-0.15, -0.1) is 0 Å². The molecule has 0 saturated heterocycles. The van der Waals surface area contributed by atoms with Crippen LogP contribution in [0.5, 0.6) is 0 Å². The molecule has 1 N–H and O–H groups in total. The Morgan fingerprint density at radius 2 is 1.42 bits per heavy atom. The Bertz CT molecular complexity index is 667. The second kappa shape index (κ2) is 4.94. The third kappa shape index (κ3) is 2.33. The van der Waals surface area contributed by atoms with Crippen LogP contribution in [0.15, 0.2) is 72.9 Å². The summed E-state index contributed by atoms with van der Waals surface area (Å²) < 4.78 is 0. The van der Waals surface area contributed by atoms with E-state index in [1.54, 1.807) is 12.3 Å². The molecule has 0 amide bonds. The quantitative estimate of drug-likeness (QED) is 0.699. The minimum absolute atomic E-state index is 0.0182. The normalized spacial score (nSPS) is 10.3. The van der Waals surface area contributed by atoms with Crippen LogP contribution in [0.2, 0.25) is 0 Å². The number of carbonyl (C=O) groups is 1. The van der Waals surface area contributed by atoms with Crippen molar-refractivity contribution in [1.82, 2.24) is 4.98 Å². The summed E-state index contributed by atoms with van der Waals surface area (Å²) in [6, 6.07) is 21.4. The second-order valence-corrected chi connectivity index (χ2v) is 4.36. The van der Waals surface area contributed by atoms with Crippen LogP contribution >= 0.6 is 0 Å². The molecule has 0 fully saturated rings. The van der Waals surface area contributed by atoms with E-state index in [1.807, 2.05) is 48.5 Å². The van der Waals surface area contributed by atoms with Gasteiger partial charge in [0, 0.05) is 11.8 Å². The predicted octanol–water partition coefficient (Wildman–Crippen LogP) is 3.91. The van der Waals surface area contributed by atoms with Gasteiger partial charge >= 0.3 is 0 Å². The van der Waals surface area contributed by atoms with Gasteiger partial charge in [0.05, 0.1) is 5.69 Å². The van der Waals surface area contributed by atoms with Crippen molar-refractivity contribution in [3.05, 3.63) is 84.2 Å². The van der Waals surface area contributed by atoms with E-state index in [0.717, 1.165) is 11.1 Å². The van der Waals surface area contributed by atoms with Crippen molar-refractivity contribution < 1.29 is 4.79 Å². The van der Waals surface area contributed by atoms with Crippen molar-refractivity contribution in [1.29, 1.82) is 0 Å². The Kier molecular flexibility index (Phi) is 2.99. The zero-order valence-electron chi connectivity index (χ0n) is 10.3. The fraction of sp³-hybridized carbons (Fsp3) is 0. The number of benzene rings is 2. The average molecular weight is 247 g/mol. The monoisotopic (exact) mass is 247 g/mol. The molecule has 0 aliphatic carbocycles. The van der Waals surface area contributed by atoms with Gasteiger partial charge in [-0.3, -0.25) is 4.79 Å². The highest BCUT2D eigenvalue weighted by molar-refractivity contribution is 6.07. The van der Waals surface area contributed by atoms with Crippen molar-refractivity contribution in [2.45, 2.75) is 0 Å². The van der Waals surface area contributed by atoms with Crippen molar-refractivity contribution >= 4 is 5.78 Å². The molecule has 0 aliphatic rings. The molecule has 3 rings (SSSR count). The number of ketones is 1. The lowest BCUT2D eigenvalue weighted by Crippen LogP contribution is -2.01. The summed E-state index contributed by atoms with van der Waals surface area (Å²) in [6.07, 6.45) is 1.76. The van der Waals surface area contributed by atoms with E-state index in [4.69, 9.17) is 0 Å². The Balaban J connectivity index is 1.90. The molecule has 0 unspecified atom stereocenters. The van der Waals surface area contributed by atoms with E-state index >= 15 is 0 Å². The summed E-state index contributed by atoms with van der Waals surface area (Å²) in [7, 11) is 0. The van der Waals surface area contributed by atoms with Gasteiger partial charge in [0.1, 0.15) is 0 Å². The van der Waals surface area contributed by atoms with Crippen LogP contribution in [0, 0.1) is 0 Å². The molecule has 92 valence electrons. The Hall–Kier alpha value is -2.61. The number of hydrogen-bond donors (Lipinski definition) is 1. The zero-order valence-corrected chi connectivity index (χ0v) is 10.3. The lowest BCUT2D eigenvalue weighted by molar-refractivity contribution is 0.103. The molecular formula is C17H13NO. The van der Waals surface area contributed by atoms with Gasteiger partial charge in [-0.05, 0) is 23.3 Å². The van der Waals surface area contributed by atoms with Gasteiger partial charge in [0.15, 0.2) is 0 Å². The maximum absolute atomic E-state index is 12.1. The molecule has 2 heteroatoms. The summed E-state index contributed by atoms with van der Waals surface area (Å²) >= 11 is 0. The molecule has 0 spiro atoms. The summed E-state index contributed by atoms with van der Waals surface area (Å²) in [6.45, 7) is 0. The molecule has 0 bridgehead atoms. The van der Waals surface area contributed by atoms with Crippen molar-refractivity contribution in [3.8, 4) is 11.1 Å². The lowest BCUT2D eigenvalue weighted by Gasteiger charge is -2.03. The van der Waals surface area contributed by atoms with Crippen LogP contribution in [0.1, 0.15) is 16.1 Å². The molecule has 2 nitrogen and oxygen atoms in total. The summed E-state index contributed by atoms with van der Waals surface area (Å²) in [5.74, 6) is 0.0182. The highest BCUT2D eigenvalue weighted by Crippen LogP contribution is 2.20. The fourth-order valence-electron chi connectivity index (χ4n) is 2.07.